The Morgan fingerprint density at radius 3 is 2.31 bits per heavy atom. The first-order chi connectivity index (χ1) is 7.93. The van der Waals surface area contributed by atoms with Gasteiger partial charge < -0.3 is 9.74 Å². The molecule has 0 atom stereocenters. The normalized spacial score (nSPS) is 20.9. The van der Waals surface area contributed by atoms with Crippen molar-refractivity contribution in [2.75, 3.05) is 31.1 Å². The fourth-order valence-corrected chi connectivity index (χ4v) is 2.27. The van der Waals surface area contributed by atoms with E-state index in [1.807, 2.05) is 5.06 Å². The molecule has 1 aromatic rings. The molecule has 0 bridgehead atoms. The summed E-state index contributed by atoms with van der Waals surface area (Å²) in [6.07, 6.45) is 3.86. The zero-order valence-electron chi connectivity index (χ0n) is 9.56. The number of hydrogen-bond donors (Lipinski definition) is 0. The Kier molecular flexibility index (Phi) is 2.70. The molecule has 3 heteroatoms. The fourth-order valence-electron chi connectivity index (χ4n) is 2.27. The minimum absolute atomic E-state index is 1.02. The van der Waals surface area contributed by atoms with E-state index in [0.717, 1.165) is 18.8 Å². The van der Waals surface area contributed by atoms with Gasteiger partial charge in [0.25, 0.3) is 0 Å². The van der Waals surface area contributed by atoms with E-state index in [2.05, 4.69) is 29.2 Å². The van der Waals surface area contributed by atoms with Crippen molar-refractivity contribution < 1.29 is 4.84 Å². The second kappa shape index (κ2) is 4.34. The molecule has 0 unspecified atom stereocenters. The van der Waals surface area contributed by atoms with Crippen molar-refractivity contribution in [3.05, 3.63) is 24.3 Å². The number of benzene rings is 1. The van der Waals surface area contributed by atoms with Gasteiger partial charge in [-0.05, 0) is 31.4 Å². The number of anilines is 1. The summed E-state index contributed by atoms with van der Waals surface area (Å²) in [7, 11) is 0. The van der Waals surface area contributed by atoms with Gasteiger partial charge in [0.2, 0.25) is 0 Å². The molecule has 86 valence electrons. The van der Waals surface area contributed by atoms with Gasteiger partial charge >= 0.3 is 0 Å². The lowest BCUT2D eigenvalue weighted by molar-refractivity contribution is -0.106. The molecular formula is C13H18N2O. The second-order valence-electron chi connectivity index (χ2n) is 4.54. The van der Waals surface area contributed by atoms with Gasteiger partial charge in [0.15, 0.2) is 5.75 Å². The van der Waals surface area contributed by atoms with Gasteiger partial charge in [-0.2, -0.15) is 0 Å². The van der Waals surface area contributed by atoms with Crippen LogP contribution in [0.15, 0.2) is 24.3 Å². The molecule has 0 amide bonds. The third-order valence-electron chi connectivity index (χ3n) is 3.35. The number of nitrogens with zero attached hydrogens (tertiary/aromatic N) is 2. The van der Waals surface area contributed by atoms with Crippen LogP contribution in [-0.2, 0) is 0 Å². The van der Waals surface area contributed by atoms with Gasteiger partial charge in [-0.15, -0.1) is 5.06 Å². The second-order valence-corrected chi connectivity index (χ2v) is 4.54. The lowest BCUT2D eigenvalue weighted by Gasteiger charge is -2.31. The summed E-state index contributed by atoms with van der Waals surface area (Å²) in [6, 6.07) is 8.39. The van der Waals surface area contributed by atoms with Crippen LogP contribution < -0.4 is 9.74 Å². The predicted octanol–water partition coefficient (Wildman–Crippen LogP) is 2.29. The molecule has 0 radical (unpaired) electrons. The monoisotopic (exact) mass is 218 g/mol. The first-order valence-electron chi connectivity index (χ1n) is 6.20. The average molecular weight is 218 g/mol. The summed E-state index contributed by atoms with van der Waals surface area (Å²) in [4.78, 5) is 8.31. The van der Waals surface area contributed by atoms with Gasteiger partial charge in [0.1, 0.15) is 0 Å². The Hall–Kier alpha value is -1.22. The van der Waals surface area contributed by atoms with Crippen molar-refractivity contribution in [3.63, 3.8) is 0 Å². The summed E-state index contributed by atoms with van der Waals surface area (Å²) in [5.41, 5.74) is 1.26. The number of para-hydroxylation sites is 2. The van der Waals surface area contributed by atoms with Crippen molar-refractivity contribution in [3.8, 4) is 5.75 Å². The third kappa shape index (κ3) is 1.87. The van der Waals surface area contributed by atoms with Crippen LogP contribution in [0.1, 0.15) is 19.3 Å². The molecule has 2 aliphatic heterocycles. The van der Waals surface area contributed by atoms with Crippen molar-refractivity contribution in [2.24, 2.45) is 0 Å². The summed E-state index contributed by atoms with van der Waals surface area (Å²) in [6.45, 7) is 4.46. The highest BCUT2D eigenvalue weighted by Gasteiger charge is 2.20. The predicted molar refractivity (Wildman–Crippen MR) is 64.7 cm³/mol. The Bertz CT molecular complexity index is 357. The highest BCUT2D eigenvalue weighted by atomic mass is 16.7. The fraction of sp³-hybridized carbons (Fsp3) is 0.538. The third-order valence-corrected chi connectivity index (χ3v) is 3.35. The molecule has 0 saturated carbocycles. The zero-order chi connectivity index (χ0) is 10.8. The van der Waals surface area contributed by atoms with Gasteiger partial charge in [-0.1, -0.05) is 12.1 Å². The molecule has 2 aliphatic rings. The van der Waals surface area contributed by atoms with Crippen LogP contribution in [0.3, 0.4) is 0 Å². The molecule has 2 fully saturated rings. The Balaban J connectivity index is 1.78. The van der Waals surface area contributed by atoms with Crippen LogP contribution >= 0.6 is 0 Å². The van der Waals surface area contributed by atoms with Gasteiger partial charge in [0, 0.05) is 26.2 Å². The molecule has 2 heterocycles. The minimum Gasteiger partial charge on any atom is -0.404 e. The van der Waals surface area contributed by atoms with Crippen molar-refractivity contribution in [1.82, 2.24) is 5.06 Å². The van der Waals surface area contributed by atoms with Gasteiger partial charge in [0.05, 0.1) is 5.69 Å². The van der Waals surface area contributed by atoms with E-state index in [1.54, 1.807) is 0 Å². The van der Waals surface area contributed by atoms with Crippen LogP contribution in [0.2, 0.25) is 0 Å². The molecule has 0 N–H and O–H groups in total. The lowest BCUT2D eigenvalue weighted by Crippen LogP contribution is -2.40. The van der Waals surface area contributed by atoms with Crippen molar-refractivity contribution in [2.45, 2.75) is 19.3 Å². The maximum atomic E-state index is 5.89. The molecule has 16 heavy (non-hydrogen) atoms. The van der Waals surface area contributed by atoms with Crippen molar-refractivity contribution in [1.29, 1.82) is 0 Å². The summed E-state index contributed by atoms with van der Waals surface area (Å²) in [5, 5.41) is 2.04. The van der Waals surface area contributed by atoms with Crippen LogP contribution in [0.5, 0.6) is 5.75 Å². The zero-order valence-corrected chi connectivity index (χ0v) is 9.56. The quantitative estimate of drug-likeness (QED) is 0.774. The Labute approximate surface area is 96.6 Å². The summed E-state index contributed by atoms with van der Waals surface area (Å²) in [5.74, 6) is 1.02. The average Bonchev–Trinajstić information content (AvgIpc) is 2.77. The number of rotatable bonds is 3. The first-order valence-corrected chi connectivity index (χ1v) is 6.20. The van der Waals surface area contributed by atoms with E-state index >= 15 is 0 Å². The van der Waals surface area contributed by atoms with E-state index in [1.165, 1.54) is 38.0 Å². The molecule has 1 aromatic carbocycles. The standard InChI is InChI=1S/C13H18N2O/c1-2-7-13(16-15-10-5-11-15)12(6-1)14-8-3-4-9-14/h1-2,6-7H,3-5,8-11H2. The van der Waals surface area contributed by atoms with Gasteiger partial charge in [-0.25, -0.2) is 0 Å². The van der Waals surface area contributed by atoms with E-state index in [0.29, 0.717) is 0 Å². The SMILES string of the molecule is c1ccc(N2CCCC2)c(ON2CCC2)c1. The molecule has 0 aromatic heterocycles. The largest absolute Gasteiger partial charge is 0.404 e. The van der Waals surface area contributed by atoms with E-state index in [4.69, 9.17) is 4.84 Å². The van der Waals surface area contributed by atoms with Crippen molar-refractivity contribution >= 4 is 5.69 Å². The van der Waals surface area contributed by atoms with Crippen LogP contribution in [0.25, 0.3) is 0 Å². The van der Waals surface area contributed by atoms with Crippen LogP contribution in [0, 0.1) is 0 Å². The minimum atomic E-state index is 1.02. The van der Waals surface area contributed by atoms with E-state index in [9.17, 15) is 0 Å². The summed E-state index contributed by atoms with van der Waals surface area (Å²) < 4.78 is 0. The topological polar surface area (TPSA) is 15.7 Å². The van der Waals surface area contributed by atoms with E-state index < -0.39 is 0 Å². The molecule has 3 nitrogen and oxygen atoms in total. The van der Waals surface area contributed by atoms with Crippen LogP contribution in [-0.4, -0.2) is 31.2 Å². The Morgan fingerprint density at radius 2 is 1.62 bits per heavy atom. The highest BCUT2D eigenvalue weighted by molar-refractivity contribution is 5.58. The number of hydrogen-bond acceptors (Lipinski definition) is 3. The summed E-state index contributed by atoms with van der Waals surface area (Å²) >= 11 is 0. The lowest BCUT2D eigenvalue weighted by atomic mass is 10.2. The van der Waals surface area contributed by atoms with E-state index in [-0.39, 0.29) is 0 Å². The first kappa shape index (κ1) is 9.97. The smallest absolute Gasteiger partial charge is 0.170 e. The molecule has 2 saturated heterocycles. The maximum Gasteiger partial charge on any atom is 0.170 e. The van der Waals surface area contributed by atoms with Crippen LogP contribution in [0.4, 0.5) is 5.69 Å². The maximum absolute atomic E-state index is 5.89. The molecular weight excluding hydrogens is 200 g/mol. The Morgan fingerprint density at radius 1 is 0.875 bits per heavy atom. The molecule has 3 rings (SSSR count). The molecule has 0 spiro atoms. The molecule has 0 aliphatic carbocycles. The highest BCUT2D eigenvalue weighted by Crippen LogP contribution is 2.31. The van der Waals surface area contributed by atoms with Gasteiger partial charge in [-0.3, -0.25) is 0 Å². The number of hydroxylamine groups is 2.